The number of aromatic nitrogens is 7. The minimum absolute atomic E-state index is 0.559. The van der Waals surface area contributed by atoms with E-state index in [0.29, 0.717) is 34.9 Å². The molecular formula is C54H55B20N7. The van der Waals surface area contributed by atoms with E-state index in [1.807, 2.05) is 0 Å². The van der Waals surface area contributed by atoms with Gasteiger partial charge in [0.25, 0.3) is 0 Å². The van der Waals surface area contributed by atoms with Gasteiger partial charge in [-0.15, -0.1) is 65.6 Å². The van der Waals surface area contributed by atoms with Crippen molar-refractivity contribution in [2.24, 2.45) is 0 Å². The molecule has 0 aliphatic carbocycles. The summed E-state index contributed by atoms with van der Waals surface area (Å²) in [4.78, 5) is 33.7. The first-order chi connectivity index (χ1) is 38.5. The van der Waals surface area contributed by atoms with Crippen molar-refractivity contribution in [2.45, 2.75) is 0 Å². The Kier molecular flexibility index (Phi) is 14.5. The largest absolute Gasteiger partial charge is 0.308 e. The topological polar surface area (TPSA) is 82.3 Å². The van der Waals surface area contributed by atoms with Crippen molar-refractivity contribution in [3.8, 4) is 85.1 Å². The van der Waals surface area contributed by atoms with Gasteiger partial charge < -0.3 is 4.57 Å². The second kappa shape index (κ2) is 21.0. The number of benzene rings is 8. The smallest absolute Gasteiger partial charge is 0.166 e. The molecule has 81 heavy (non-hydrogen) atoms. The predicted octanol–water partition coefficient (Wildman–Crippen LogP) is -22.0. The summed E-state index contributed by atoms with van der Waals surface area (Å²) in [5, 5.41) is 2.33. The highest BCUT2D eigenvalue weighted by Crippen LogP contribution is 2.41. The van der Waals surface area contributed by atoms with Gasteiger partial charge in [0.2, 0.25) is 0 Å². The molecule has 0 amide bonds. The van der Waals surface area contributed by atoms with Crippen LogP contribution in [0.5, 0.6) is 0 Å². The molecule has 3 aromatic heterocycles. The van der Waals surface area contributed by atoms with E-state index >= 15 is 0 Å². The van der Waals surface area contributed by atoms with Crippen LogP contribution >= 0.6 is 0 Å². The summed E-state index contributed by atoms with van der Waals surface area (Å²) in [6, 6.07) is 32.8. The van der Waals surface area contributed by atoms with Gasteiger partial charge in [0.15, 0.2) is 34.9 Å². The molecule has 8 aromatic carbocycles. The summed E-state index contributed by atoms with van der Waals surface area (Å²) in [6.07, 6.45) is 0. The Balaban J connectivity index is 1.31. The Morgan fingerprint density at radius 3 is 0.988 bits per heavy atom. The number of fused-ring (bicyclic) bond motifs is 3. The van der Waals surface area contributed by atoms with Crippen molar-refractivity contribution in [3.05, 3.63) is 91.0 Å². The third-order valence-electron chi connectivity index (χ3n) is 19.7. The minimum Gasteiger partial charge on any atom is -0.308 e. The Morgan fingerprint density at radius 1 is 0.247 bits per heavy atom. The van der Waals surface area contributed by atoms with Crippen LogP contribution in [0.15, 0.2) is 91.0 Å². The molecule has 0 atom stereocenters. The quantitative estimate of drug-likeness (QED) is 0.141. The van der Waals surface area contributed by atoms with Crippen molar-refractivity contribution < 1.29 is 0 Å². The summed E-state index contributed by atoms with van der Waals surface area (Å²) in [6.45, 7) is 0. The normalized spacial score (nSPS) is 11.5. The predicted molar refractivity (Wildman–Crippen MR) is 409 cm³/mol. The highest BCUT2D eigenvalue weighted by Gasteiger charge is 2.27. The first-order valence-electron chi connectivity index (χ1n) is 28.6. The van der Waals surface area contributed by atoms with Crippen molar-refractivity contribution >= 4 is 288 Å². The molecule has 0 saturated heterocycles. The molecule has 11 aromatic rings. The van der Waals surface area contributed by atoms with Gasteiger partial charge in [-0.25, -0.2) is 29.9 Å². The number of hydrogen-bond acceptors (Lipinski definition) is 6. The molecule has 0 spiro atoms. The zero-order chi connectivity index (χ0) is 57.9. The van der Waals surface area contributed by atoms with Gasteiger partial charge in [0.05, 0.1) is 16.7 Å². The Bertz CT molecular complexity index is 4260. The molecule has 11 rings (SSSR count). The molecule has 366 valence electrons. The van der Waals surface area contributed by atoms with Gasteiger partial charge in [-0.1, -0.05) is 104 Å². The summed E-state index contributed by atoms with van der Waals surface area (Å²) in [5.41, 5.74) is 35.6. The van der Waals surface area contributed by atoms with E-state index in [-0.39, 0.29) is 0 Å². The third kappa shape index (κ3) is 8.90. The second-order valence-corrected chi connectivity index (χ2v) is 23.3. The van der Waals surface area contributed by atoms with Crippen LogP contribution in [0.1, 0.15) is 0 Å². The van der Waals surface area contributed by atoms with Crippen LogP contribution in [-0.4, -0.2) is 191 Å². The van der Waals surface area contributed by atoms with Crippen molar-refractivity contribution in [1.82, 2.24) is 34.5 Å². The second-order valence-electron chi connectivity index (χ2n) is 23.3. The van der Waals surface area contributed by atoms with Crippen LogP contribution in [0.25, 0.3) is 107 Å². The lowest BCUT2D eigenvalue weighted by atomic mass is 9.60. The summed E-state index contributed by atoms with van der Waals surface area (Å²) < 4.78 is 2.41. The van der Waals surface area contributed by atoms with E-state index in [9.17, 15) is 0 Å². The first kappa shape index (κ1) is 55.8. The Labute approximate surface area is 495 Å². The number of hydrogen-bond donors (Lipinski definition) is 0. The molecule has 0 fully saturated rings. The van der Waals surface area contributed by atoms with Gasteiger partial charge in [-0.2, -0.15) is 0 Å². The third-order valence-corrected chi connectivity index (χ3v) is 19.7. The van der Waals surface area contributed by atoms with E-state index in [1.165, 1.54) is 98.4 Å². The van der Waals surface area contributed by atoms with Gasteiger partial charge in [-0.05, 0) is 41.5 Å². The fourth-order valence-electron chi connectivity index (χ4n) is 13.0. The van der Waals surface area contributed by atoms with Crippen LogP contribution in [-0.2, 0) is 0 Å². The van der Waals surface area contributed by atoms with E-state index in [0.717, 1.165) is 82.9 Å². The van der Waals surface area contributed by atoms with Crippen LogP contribution in [0.3, 0.4) is 0 Å². The molecule has 0 saturated carbocycles. The summed E-state index contributed by atoms with van der Waals surface area (Å²) in [5.74, 6) is 3.74. The fourth-order valence-corrected chi connectivity index (χ4v) is 13.0. The highest BCUT2D eigenvalue weighted by molar-refractivity contribution is 6.72. The van der Waals surface area contributed by atoms with E-state index < -0.39 is 0 Å². The minimum atomic E-state index is 0.559. The molecule has 0 N–H and O–H groups in total. The molecule has 3 heterocycles. The monoisotopic (exact) mass is 1020 g/mol. The van der Waals surface area contributed by atoms with Gasteiger partial charge >= 0.3 is 0 Å². The van der Waals surface area contributed by atoms with Crippen molar-refractivity contribution in [2.75, 3.05) is 0 Å². The zero-order valence-electron chi connectivity index (χ0n) is 51.3. The van der Waals surface area contributed by atoms with Crippen LogP contribution < -0.4 is 109 Å². The molecule has 0 aliphatic heterocycles. The maximum atomic E-state index is 5.73. The van der Waals surface area contributed by atoms with E-state index in [1.54, 1.807) is 0 Å². The van der Waals surface area contributed by atoms with Crippen LogP contribution in [0.2, 0.25) is 0 Å². The number of rotatable bonds is 8. The van der Waals surface area contributed by atoms with E-state index in [2.05, 4.69) is 252 Å². The Hall–Kier alpha value is -7.12. The lowest BCUT2D eigenvalue weighted by Gasteiger charge is -2.23. The summed E-state index contributed by atoms with van der Waals surface area (Å²) >= 11 is 0. The lowest BCUT2D eigenvalue weighted by Crippen LogP contribution is -2.55. The van der Waals surface area contributed by atoms with Crippen LogP contribution in [0.4, 0.5) is 0 Å². The molecule has 7 nitrogen and oxygen atoms in total. The van der Waals surface area contributed by atoms with Gasteiger partial charge in [0, 0.05) is 44.2 Å². The van der Waals surface area contributed by atoms with Gasteiger partial charge in [-0.3, -0.25) is 0 Å². The maximum absolute atomic E-state index is 5.73. The average Bonchev–Trinajstić information content (AvgIpc) is 3.31. The fraction of sp³-hybridized carbons (Fsp3) is 0. The zero-order valence-corrected chi connectivity index (χ0v) is 51.3. The van der Waals surface area contributed by atoms with Gasteiger partial charge in [0.1, 0.15) is 157 Å². The standard InChI is InChI=1S/C54H55B20N7/c55-29-25(30(56)38(64)45(71)37(29)63)51-75-49(76-52(79-51)26-31(57)39(65)46(72)40(66)32(26)58)17-13-14-22(81-21-11-5-4-9-19(21)24-18(10-6-12-23(24)81)16-7-2-1-3-8-16)20(15-17)50-77-53(27-33(59)41(67)47(73)42(68)34(27)60)80-54(78-50)28-35(61)43(69)48(74)44(70)36(28)62/h1-15H,55-74H2. The Morgan fingerprint density at radius 2 is 0.580 bits per heavy atom. The summed E-state index contributed by atoms with van der Waals surface area (Å²) in [7, 11) is 44.4. The molecule has 0 aliphatic rings. The first-order valence-corrected chi connectivity index (χ1v) is 28.6. The highest BCUT2D eigenvalue weighted by atomic mass is 15.1. The van der Waals surface area contributed by atoms with Crippen molar-refractivity contribution in [1.29, 1.82) is 0 Å². The average molecular weight is 1020 g/mol. The number of nitrogens with zero attached hydrogens (tertiary/aromatic N) is 7. The maximum Gasteiger partial charge on any atom is 0.166 e. The molecule has 0 unspecified atom stereocenters. The molecular weight excluding hydrogens is 963 g/mol. The number of para-hydroxylation sites is 1. The SMILES string of the molecule is Bc1c(B)c(B)c(-c2nc(-c3ccc(-n4c5ccccc5c5c(-c6ccccc6)cccc54)c(-c4nc(-c5c(B)c(B)c(B)c(B)c5B)nc(-c5c(B)c(B)c(B)c(B)c5B)n4)c3)nc(-c3c(B)c(B)c(B)c(B)c3B)n2)c(B)c1B. The van der Waals surface area contributed by atoms with Crippen molar-refractivity contribution in [3.63, 3.8) is 0 Å². The molecule has 0 bridgehead atoms. The molecule has 27 heteroatoms. The van der Waals surface area contributed by atoms with E-state index in [4.69, 9.17) is 29.9 Å². The lowest BCUT2D eigenvalue weighted by molar-refractivity contribution is 1.06. The molecule has 0 radical (unpaired) electrons. The van der Waals surface area contributed by atoms with Crippen LogP contribution in [0, 0.1) is 0 Å².